The van der Waals surface area contributed by atoms with Crippen LogP contribution in [0.2, 0.25) is 0 Å². The smallest absolute Gasteiger partial charge is 0.349 e. The van der Waals surface area contributed by atoms with Gasteiger partial charge in [-0.25, -0.2) is 4.79 Å². The molecule has 0 atom stereocenters. The predicted octanol–water partition coefficient (Wildman–Crippen LogP) is 2.69. The lowest BCUT2D eigenvalue weighted by Crippen LogP contribution is -2.07. The van der Waals surface area contributed by atoms with Gasteiger partial charge in [-0.05, 0) is 6.92 Å². The first kappa shape index (κ1) is 13.1. The van der Waals surface area contributed by atoms with Crippen LogP contribution in [-0.4, -0.2) is 17.7 Å². The summed E-state index contributed by atoms with van der Waals surface area (Å²) in [6, 6.07) is 8.54. The lowest BCUT2D eigenvalue weighted by Gasteiger charge is -2.06. The zero-order valence-electron chi connectivity index (χ0n) is 9.21. The predicted molar refractivity (Wildman–Crippen MR) is 65.8 cm³/mol. The molecular formula is C12H11NO3S. The van der Waals surface area contributed by atoms with E-state index in [9.17, 15) is 9.90 Å². The van der Waals surface area contributed by atoms with Crippen molar-refractivity contribution in [2.75, 3.05) is 6.61 Å². The van der Waals surface area contributed by atoms with Crippen LogP contribution in [0.5, 0.6) is 0 Å². The zero-order chi connectivity index (χ0) is 12.7. The number of aliphatic hydroxyl groups excluding tert-OH is 1. The fourth-order valence-electron chi connectivity index (χ4n) is 1.16. The fraction of sp³-hybridized carbons (Fsp3) is 0.167. The molecule has 1 N–H and O–H groups in total. The Morgan fingerprint density at radius 3 is 2.65 bits per heavy atom. The Balaban J connectivity index is 3.11. The molecule has 1 aromatic rings. The van der Waals surface area contributed by atoms with Crippen molar-refractivity contribution in [3.05, 3.63) is 40.8 Å². The molecule has 1 aromatic carbocycles. The van der Waals surface area contributed by atoms with Gasteiger partial charge in [-0.15, -0.1) is 0 Å². The first-order chi connectivity index (χ1) is 8.20. The zero-order valence-corrected chi connectivity index (χ0v) is 10.0. The van der Waals surface area contributed by atoms with E-state index in [0.29, 0.717) is 17.3 Å². The van der Waals surface area contributed by atoms with Crippen LogP contribution in [0.25, 0.3) is 5.76 Å². The van der Waals surface area contributed by atoms with Gasteiger partial charge in [0.1, 0.15) is 16.1 Å². The summed E-state index contributed by atoms with van der Waals surface area (Å²) in [4.78, 5) is 11.4. The molecule has 0 bridgehead atoms. The van der Waals surface area contributed by atoms with Gasteiger partial charge in [0.2, 0.25) is 0 Å². The molecule has 0 fully saturated rings. The maximum Gasteiger partial charge on any atom is 0.349 e. The highest BCUT2D eigenvalue weighted by molar-refractivity contribution is 8.08. The highest BCUT2D eigenvalue weighted by atomic mass is 32.2. The number of esters is 1. The fourth-order valence-corrected chi connectivity index (χ4v) is 1.60. The Labute approximate surface area is 104 Å². The number of carbonyl (C=O) groups is 1. The number of benzene rings is 1. The summed E-state index contributed by atoms with van der Waals surface area (Å²) in [5.74, 6) is -0.934. The minimum Gasteiger partial charge on any atom is -0.506 e. The Kier molecular flexibility index (Phi) is 5.11. The van der Waals surface area contributed by atoms with E-state index in [1.54, 1.807) is 42.7 Å². The lowest BCUT2D eigenvalue weighted by atomic mass is 10.2. The van der Waals surface area contributed by atoms with E-state index in [4.69, 9.17) is 10.00 Å². The van der Waals surface area contributed by atoms with Crippen LogP contribution in [0, 0.1) is 10.7 Å². The van der Waals surface area contributed by atoms with Crippen molar-refractivity contribution in [3.63, 3.8) is 0 Å². The van der Waals surface area contributed by atoms with E-state index >= 15 is 0 Å². The number of thioether (sulfide) groups is 1. The van der Waals surface area contributed by atoms with Gasteiger partial charge >= 0.3 is 5.97 Å². The summed E-state index contributed by atoms with van der Waals surface area (Å²) in [7, 11) is 0. The van der Waals surface area contributed by atoms with Gasteiger partial charge in [-0.1, -0.05) is 30.3 Å². The molecule has 17 heavy (non-hydrogen) atoms. The van der Waals surface area contributed by atoms with E-state index in [-0.39, 0.29) is 17.3 Å². The molecule has 0 spiro atoms. The van der Waals surface area contributed by atoms with E-state index in [1.807, 2.05) is 0 Å². The van der Waals surface area contributed by atoms with Gasteiger partial charge in [-0.3, -0.25) is 0 Å². The second-order valence-corrected chi connectivity index (χ2v) is 3.75. The third-order valence-electron chi connectivity index (χ3n) is 1.87. The highest BCUT2D eigenvalue weighted by Crippen LogP contribution is 2.25. The SMILES string of the molecule is CCOC(=O)/C(SC#N)=C(/O)c1ccccc1. The second-order valence-electron chi connectivity index (χ2n) is 2.96. The molecule has 4 nitrogen and oxygen atoms in total. The average Bonchev–Trinajstić information content (AvgIpc) is 2.36. The van der Waals surface area contributed by atoms with Gasteiger partial charge in [0.15, 0.2) is 0 Å². The number of ether oxygens (including phenoxy) is 1. The molecule has 0 aliphatic carbocycles. The third-order valence-corrected chi connectivity index (χ3v) is 2.53. The van der Waals surface area contributed by atoms with Crippen LogP contribution in [-0.2, 0) is 9.53 Å². The molecule has 0 unspecified atom stereocenters. The van der Waals surface area contributed by atoms with Gasteiger partial charge in [-0.2, -0.15) is 5.26 Å². The largest absolute Gasteiger partial charge is 0.506 e. The normalized spacial score (nSPS) is 11.3. The summed E-state index contributed by atoms with van der Waals surface area (Å²) < 4.78 is 4.77. The van der Waals surface area contributed by atoms with Crippen LogP contribution < -0.4 is 0 Å². The van der Waals surface area contributed by atoms with Crippen LogP contribution in [0.15, 0.2) is 35.2 Å². The van der Waals surface area contributed by atoms with E-state index in [0.717, 1.165) is 0 Å². The highest BCUT2D eigenvalue weighted by Gasteiger charge is 2.18. The molecular weight excluding hydrogens is 238 g/mol. The van der Waals surface area contributed by atoms with Crippen molar-refractivity contribution in [2.45, 2.75) is 6.92 Å². The molecule has 0 saturated heterocycles. The quantitative estimate of drug-likeness (QED) is 0.384. The minimum atomic E-state index is -0.694. The van der Waals surface area contributed by atoms with Crippen molar-refractivity contribution in [1.82, 2.24) is 0 Å². The molecule has 0 aromatic heterocycles. The van der Waals surface area contributed by atoms with Crippen molar-refractivity contribution in [2.24, 2.45) is 0 Å². The molecule has 1 rings (SSSR count). The van der Waals surface area contributed by atoms with E-state index in [1.165, 1.54) is 0 Å². The Hall–Kier alpha value is -1.93. The van der Waals surface area contributed by atoms with E-state index in [2.05, 4.69) is 0 Å². The van der Waals surface area contributed by atoms with Crippen LogP contribution in [0.3, 0.4) is 0 Å². The monoisotopic (exact) mass is 249 g/mol. The number of thiocyanates is 1. The number of rotatable bonds is 4. The third kappa shape index (κ3) is 3.54. The first-order valence-electron chi connectivity index (χ1n) is 4.92. The summed E-state index contributed by atoms with van der Waals surface area (Å²) in [6.07, 6.45) is 0. The second kappa shape index (κ2) is 6.61. The molecule has 0 radical (unpaired) electrons. The average molecular weight is 249 g/mol. The molecule has 0 heterocycles. The maximum absolute atomic E-state index is 11.5. The van der Waals surface area contributed by atoms with Crippen LogP contribution >= 0.6 is 11.8 Å². The number of nitriles is 1. The Morgan fingerprint density at radius 1 is 1.47 bits per heavy atom. The minimum absolute atomic E-state index is 0.0967. The molecule has 88 valence electrons. The first-order valence-corrected chi connectivity index (χ1v) is 5.74. The molecule has 0 aliphatic heterocycles. The molecule has 0 aliphatic rings. The summed E-state index contributed by atoms with van der Waals surface area (Å²) in [5, 5.41) is 20.3. The van der Waals surface area contributed by atoms with Gasteiger partial charge in [0.25, 0.3) is 0 Å². The molecule has 0 amide bonds. The molecule has 5 heteroatoms. The van der Waals surface area contributed by atoms with Crippen molar-refractivity contribution in [3.8, 4) is 5.40 Å². The standard InChI is InChI=1S/C12H11NO3S/c1-2-16-12(15)11(17-8-13)10(14)9-6-4-3-5-7-9/h3-7,14H,2H2,1H3/b11-10-. The lowest BCUT2D eigenvalue weighted by molar-refractivity contribution is -0.137. The van der Waals surface area contributed by atoms with Gasteiger partial charge in [0, 0.05) is 17.3 Å². The Morgan fingerprint density at radius 2 is 2.12 bits per heavy atom. The topological polar surface area (TPSA) is 70.3 Å². The number of carbonyl (C=O) groups excluding carboxylic acids is 1. The number of nitrogens with zero attached hydrogens (tertiary/aromatic N) is 1. The van der Waals surface area contributed by atoms with Crippen LogP contribution in [0.4, 0.5) is 0 Å². The Bertz CT molecular complexity index is 462. The number of hydrogen-bond donors (Lipinski definition) is 1. The van der Waals surface area contributed by atoms with Gasteiger partial charge in [0.05, 0.1) is 6.61 Å². The van der Waals surface area contributed by atoms with Gasteiger partial charge < -0.3 is 9.84 Å². The number of hydrogen-bond acceptors (Lipinski definition) is 5. The molecule has 0 saturated carbocycles. The summed E-state index contributed by atoms with van der Waals surface area (Å²) in [6.45, 7) is 1.85. The van der Waals surface area contributed by atoms with Crippen molar-refractivity contribution < 1.29 is 14.6 Å². The van der Waals surface area contributed by atoms with Crippen LogP contribution in [0.1, 0.15) is 12.5 Å². The van der Waals surface area contributed by atoms with E-state index < -0.39 is 5.97 Å². The maximum atomic E-state index is 11.5. The number of aliphatic hydroxyl groups is 1. The van der Waals surface area contributed by atoms with Crippen molar-refractivity contribution >= 4 is 23.5 Å². The summed E-state index contributed by atoms with van der Waals surface area (Å²) >= 11 is 0.588. The summed E-state index contributed by atoms with van der Waals surface area (Å²) in [5.41, 5.74) is 0.471. The van der Waals surface area contributed by atoms with Crippen molar-refractivity contribution in [1.29, 1.82) is 5.26 Å².